The number of ether oxygens (including phenoxy) is 1. The van der Waals surface area contributed by atoms with E-state index < -0.39 is 4.92 Å². The second kappa shape index (κ2) is 7.05. The molecule has 0 aliphatic heterocycles. The molecule has 2 aromatic rings. The van der Waals surface area contributed by atoms with Crippen molar-refractivity contribution in [1.82, 2.24) is 0 Å². The predicted molar refractivity (Wildman–Crippen MR) is 112 cm³/mol. The number of nitro benzene ring substituents is 1. The summed E-state index contributed by atoms with van der Waals surface area (Å²) < 4.78 is 5.86. The molecule has 0 saturated heterocycles. The summed E-state index contributed by atoms with van der Waals surface area (Å²) in [6.07, 6.45) is 5.78. The number of benzene rings is 2. The highest BCUT2D eigenvalue weighted by atomic mass is 16.6. The molecule has 0 spiro atoms. The van der Waals surface area contributed by atoms with E-state index in [4.69, 9.17) is 4.74 Å². The molecule has 4 rings (SSSR count). The fourth-order valence-electron chi connectivity index (χ4n) is 5.84. The monoisotopic (exact) mass is 395 g/mol. The molecule has 2 atom stereocenters. The van der Waals surface area contributed by atoms with Gasteiger partial charge >= 0.3 is 0 Å². The van der Waals surface area contributed by atoms with Gasteiger partial charge in [-0.05, 0) is 71.3 Å². The van der Waals surface area contributed by atoms with Crippen LogP contribution in [0.3, 0.4) is 0 Å². The first-order chi connectivity index (χ1) is 13.7. The molecule has 0 radical (unpaired) electrons. The zero-order valence-corrected chi connectivity index (χ0v) is 17.4. The average Bonchev–Trinajstić information content (AvgIpc) is 2.66. The van der Waals surface area contributed by atoms with Crippen LogP contribution in [-0.2, 0) is 18.4 Å². The Bertz CT molecular complexity index is 952. The van der Waals surface area contributed by atoms with E-state index in [1.807, 2.05) is 12.1 Å². The maximum atomic E-state index is 11.0. The van der Waals surface area contributed by atoms with E-state index in [0.29, 0.717) is 22.6 Å². The molecule has 0 heterocycles. The first kappa shape index (κ1) is 19.7. The lowest BCUT2D eigenvalue weighted by atomic mass is 9.50. The molecule has 1 N–H and O–H groups in total. The van der Waals surface area contributed by atoms with Crippen LogP contribution in [0.4, 0.5) is 5.69 Å². The molecule has 2 aliphatic carbocycles. The molecule has 5 nitrogen and oxygen atoms in total. The summed E-state index contributed by atoms with van der Waals surface area (Å²) in [7, 11) is 0. The largest absolute Gasteiger partial charge is 0.504 e. The number of aryl methyl sites for hydroxylation is 1. The van der Waals surface area contributed by atoms with Gasteiger partial charge in [-0.1, -0.05) is 39.3 Å². The number of fused-ring (bicyclic) bond motifs is 3. The summed E-state index contributed by atoms with van der Waals surface area (Å²) in [5.41, 5.74) is 3.68. The van der Waals surface area contributed by atoms with Gasteiger partial charge in [-0.3, -0.25) is 10.1 Å². The summed E-state index contributed by atoms with van der Waals surface area (Å²) in [6, 6.07) is 10.3. The van der Waals surface area contributed by atoms with E-state index >= 15 is 0 Å². The van der Waals surface area contributed by atoms with E-state index in [1.54, 1.807) is 12.1 Å². The molecule has 1 fully saturated rings. The lowest BCUT2D eigenvalue weighted by Gasteiger charge is -2.54. The van der Waals surface area contributed by atoms with Crippen molar-refractivity contribution in [2.45, 2.75) is 64.9 Å². The number of phenols is 1. The van der Waals surface area contributed by atoms with Crippen molar-refractivity contribution >= 4 is 5.69 Å². The van der Waals surface area contributed by atoms with Crippen molar-refractivity contribution in [3.8, 4) is 11.5 Å². The quantitative estimate of drug-likeness (QED) is 0.516. The highest BCUT2D eigenvalue weighted by Crippen LogP contribution is 2.58. The molecule has 0 unspecified atom stereocenters. The number of rotatable bonds is 4. The number of nitro groups is 1. The summed E-state index contributed by atoms with van der Waals surface area (Å²) in [5, 5.41) is 21.6. The Balaban J connectivity index is 1.60. The van der Waals surface area contributed by atoms with E-state index in [1.165, 1.54) is 36.1 Å². The summed E-state index contributed by atoms with van der Waals surface area (Å²) in [5.74, 6) is 1.22. The van der Waals surface area contributed by atoms with Gasteiger partial charge in [0, 0.05) is 12.1 Å². The third-order valence-electron chi connectivity index (χ3n) is 7.25. The molecular weight excluding hydrogens is 366 g/mol. The maximum absolute atomic E-state index is 11.0. The topological polar surface area (TPSA) is 72.6 Å². The van der Waals surface area contributed by atoms with Crippen LogP contribution in [-0.4, -0.2) is 10.0 Å². The van der Waals surface area contributed by atoms with Crippen molar-refractivity contribution in [2.24, 2.45) is 11.3 Å². The lowest BCUT2D eigenvalue weighted by molar-refractivity contribution is -0.384. The van der Waals surface area contributed by atoms with Crippen LogP contribution in [0.5, 0.6) is 11.5 Å². The molecule has 0 amide bonds. The molecule has 1 saturated carbocycles. The molecule has 29 heavy (non-hydrogen) atoms. The minimum absolute atomic E-state index is 0.0413. The van der Waals surface area contributed by atoms with Gasteiger partial charge in [0.15, 0.2) is 11.5 Å². The highest BCUT2D eigenvalue weighted by molar-refractivity contribution is 5.51. The van der Waals surface area contributed by atoms with Gasteiger partial charge in [0.05, 0.1) is 4.92 Å². The normalized spacial score (nSPS) is 25.0. The smallest absolute Gasteiger partial charge is 0.269 e. The van der Waals surface area contributed by atoms with Gasteiger partial charge in [0.2, 0.25) is 0 Å². The Labute approximate surface area is 171 Å². The molecular formula is C24H29NO4. The first-order valence-electron chi connectivity index (χ1n) is 10.4. The SMILES string of the molecule is CC1(C)CCC[C@]2(C)c3cc(O)c(OCc4cccc([N+](=O)[O-])c4)cc3CC[C@@H]12. The van der Waals surface area contributed by atoms with E-state index in [9.17, 15) is 15.2 Å². The predicted octanol–water partition coefficient (Wildman–Crippen LogP) is 5.91. The maximum Gasteiger partial charge on any atom is 0.269 e. The van der Waals surface area contributed by atoms with E-state index in [0.717, 1.165) is 19.3 Å². The Morgan fingerprint density at radius 2 is 2.00 bits per heavy atom. The first-order valence-corrected chi connectivity index (χ1v) is 10.4. The third-order valence-corrected chi connectivity index (χ3v) is 7.25. The van der Waals surface area contributed by atoms with Crippen LogP contribution in [0.1, 0.15) is 63.1 Å². The zero-order chi connectivity index (χ0) is 20.8. The van der Waals surface area contributed by atoms with Gasteiger partial charge in [0.25, 0.3) is 5.69 Å². The number of hydrogen-bond acceptors (Lipinski definition) is 4. The van der Waals surface area contributed by atoms with Crippen LogP contribution in [0.2, 0.25) is 0 Å². The average molecular weight is 395 g/mol. The minimum atomic E-state index is -0.414. The second-order valence-corrected chi connectivity index (χ2v) is 9.54. The van der Waals surface area contributed by atoms with Crippen LogP contribution in [0, 0.1) is 21.4 Å². The highest BCUT2D eigenvalue weighted by Gasteiger charge is 2.49. The van der Waals surface area contributed by atoms with Crippen LogP contribution in [0.25, 0.3) is 0 Å². The van der Waals surface area contributed by atoms with Gasteiger partial charge in [0.1, 0.15) is 6.61 Å². The molecule has 0 bridgehead atoms. The summed E-state index contributed by atoms with van der Waals surface area (Å²) in [4.78, 5) is 10.5. The van der Waals surface area contributed by atoms with E-state index in [2.05, 4.69) is 20.8 Å². The summed E-state index contributed by atoms with van der Waals surface area (Å²) in [6.45, 7) is 7.31. The number of aromatic hydroxyl groups is 1. The Hall–Kier alpha value is -2.56. The van der Waals surface area contributed by atoms with Crippen molar-refractivity contribution < 1.29 is 14.8 Å². The summed E-state index contributed by atoms with van der Waals surface area (Å²) >= 11 is 0. The number of hydrogen-bond donors (Lipinski definition) is 1. The molecule has 2 aromatic carbocycles. The fraction of sp³-hybridized carbons (Fsp3) is 0.500. The van der Waals surface area contributed by atoms with Gasteiger partial charge in [-0.15, -0.1) is 0 Å². The molecule has 0 aromatic heterocycles. The zero-order valence-electron chi connectivity index (χ0n) is 17.4. The molecule has 154 valence electrons. The van der Waals surface area contributed by atoms with Crippen LogP contribution in [0.15, 0.2) is 36.4 Å². The Kier molecular flexibility index (Phi) is 4.80. The van der Waals surface area contributed by atoms with Crippen molar-refractivity contribution in [1.29, 1.82) is 0 Å². The van der Waals surface area contributed by atoms with Gasteiger partial charge < -0.3 is 9.84 Å². The second-order valence-electron chi connectivity index (χ2n) is 9.54. The number of phenolic OH excluding ortho intramolecular Hbond substituents is 1. The standard InChI is InChI=1S/C24H29NO4/c1-23(2)10-5-11-24(3)19-14-20(26)21(13-17(19)8-9-22(23)24)29-15-16-6-4-7-18(12-16)25(27)28/h4,6-7,12-14,22,26H,5,8-11,15H2,1-3H3/t22-,24+/m0/s1. The number of non-ortho nitro benzene ring substituents is 1. The van der Waals surface area contributed by atoms with Gasteiger partial charge in [-0.2, -0.15) is 0 Å². The van der Waals surface area contributed by atoms with Crippen molar-refractivity contribution in [3.05, 3.63) is 63.2 Å². The van der Waals surface area contributed by atoms with Crippen molar-refractivity contribution in [2.75, 3.05) is 0 Å². The number of nitrogens with zero attached hydrogens (tertiary/aromatic N) is 1. The van der Waals surface area contributed by atoms with E-state index in [-0.39, 0.29) is 23.5 Å². The Morgan fingerprint density at radius 3 is 2.76 bits per heavy atom. The van der Waals surface area contributed by atoms with Crippen LogP contribution >= 0.6 is 0 Å². The Morgan fingerprint density at radius 1 is 1.21 bits per heavy atom. The fourth-order valence-corrected chi connectivity index (χ4v) is 5.84. The minimum Gasteiger partial charge on any atom is -0.504 e. The molecule has 5 heteroatoms. The van der Waals surface area contributed by atoms with Gasteiger partial charge in [-0.25, -0.2) is 0 Å². The molecule has 2 aliphatic rings. The van der Waals surface area contributed by atoms with Crippen LogP contribution < -0.4 is 4.74 Å². The van der Waals surface area contributed by atoms with Crippen molar-refractivity contribution in [3.63, 3.8) is 0 Å². The lowest BCUT2D eigenvalue weighted by Crippen LogP contribution is -2.47. The third kappa shape index (κ3) is 3.47.